The number of anilines is 1. The first-order valence-corrected chi connectivity index (χ1v) is 8.27. The fraction of sp³-hybridized carbons (Fsp3) is 0.316. The maximum atomic E-state index is 12.0. The Hall–Kier alpha value is -2.89. The highest BCUT2D eigenvalue weighted by Gasteiger charge is 2.21. The summed E-state index contributed by atoms with van der Waals surface area (Å²) in [4.78, 5) is 20.6. The van der Waals surface area contributed by atoms with Gasteiger partial charge < -0.3 is 15.1 Å². The molecule has 2 heterocycles. The summed E-state index contributed by atoms with van der Waals surface area (Å²) in [6.07, 6.45) is 4.26. The Bertz CT molecular complexity index is 866. The Balaban J connectivity index is 1.59. The van der Waals surface area contributed by atoms with Gasteiger partial charge in [0.15, 0.2) is 5.58 Å². The number of oxazole rings is 1. The molecule has 130 valence electrons. The van der Waals surface area contributed by atoms with Crippen LogP contribution in [0.4, 0.5) is 10.5 Å². The Morgan fingerprint density at radius 1 is 1.24 bits per heavy atom. The molecule has 2 amide bonds. The molecule has 0 radical (unpaired) electrons. The van der Waals surface area contributed by atoms with E-state index in [2.05, 4.69) is 20.6 Å². The zero-order valence-corrected chi connectivity index (χ0v) is 14.7. The van der Waals surface area contributed by atoms with E-state index in [9.17, 15) is 4.79 Å². The van der Waals surface area contributed by atoms with Gasteiger partial charge in [0.25, 0.3) is 0 Å². The van der Waals surface area contributed by atoms with Crippen LogP contribution in [0.15, 0.2) is 47.1 Å². The minimum absolute atomic E-state index is 0.156. The van der Waals surface area contributed by atoms with Crippen molar-refractivity contribution in [1.82, 2.24) is 15.3 Å². The Kier molecular flexibility index (Phi) is 4.70. The summed E-state index contributed by atoms with van der Waals surface area (Å²) in [6, 6.07) is 9.06. The number of aromatic nitrogens is 2. The van der Waals surface area contributed by atoms with Crippen molar-refractivity contribution in [2.24, 2.45) is 0 Å². The van der Waals surface area contributed by atoms with Crippen molar-refractivity contribution in [3.05, 3.63) is 54.2 Å². The predicted octanol–water partition coefficient (Wildman–Crippen LogP) is 3.88. The number of nitrogens with one attached hydrogen (secondary N) is 2. The smallest absolute Gasteiger partial charge is 0.319 e. The molecule has 0 aliphatic heterocycles. The molecule has 0 aliphatic carbocycles. The third-order valence-electron chi connectivity index (χ3n) is 3.71. The number of rotatable bonds is 4. The zero-order valence-electron chi connectivity index (χ0n) is 14.7. The number of nitrogens with zero attached hydrogens (tertiary/aromatic N) is 2. The Labute approximate surface area is 146 Å². The lowest BCUT2D eigenvalue weighted by Crippen LogP contribution is -2.30. The van der Waals surface area contributed by atoms with E-state index in [-0.39, 0.29) is 11.4 Å². The normalized spacial score (nSPS) is 11.5. The Morgan fingerprint density at radius 2 is 2.08 bits per heavy atom. The molecule has 0 atom stereocenters. The van der Waals surface area contributed by atoms with Gasteiger partial charge in [-0.2, -0.15) is 0 Å². The molecule has 0 unspecified atom stereocenters. The number of fused-ring (bicyclic) bond motifs is 1. The zero-order chi connectivity index (χ0) is 17.9. The van der Waals surface area contributed by atoms with Crippen LogP contribution in [0.1, 0.15) is 32.2 Å². The van der Waals surface area contributed by atoms with E-state index in [4.69, 9.17) is 4.42 Å². The van der Waals surface area contributed by atoms with Crippen molar-refractivity contribution in [1.29, 1.82) is 0 Å². The number of carbonyl (C=O) groups excluding carboxylic acids is 1. The molecular weight excluding hydrogens is 316 g/mol. The van der Waals surface area contributed by atoms with Crippen molar-refractivity contribution in [2.75, 3.05) is 11.9 Å². The van der Waals surface area contributed by atoms with Crippen molar-refractivity contribution in [3.63, 3.8) is 0 Å². The highest BCUT2D eigenvalue weighted by molar-refractivity contribution is 5.91. The van der Waals surface area contributed by atoms with Crippen LogP contribution in [-0.4, -0.2) is 22.5 Å². The third-order valence-corrected chi connectivity index (χ3v) is 3.71. The molecule has 2 N–H and O–H groups in total. The van der Waals surface area contributed by atoms with Crippen molar-refractivity contribution in [3.8, 4) is 0 Å². The lowest BCUT2D eigenvalue weighted by atomic mass is 9.97. The topological polar surface area (TPSA) is 80.0 Å². The maximum Gasteiger partial charge on any atom is 0.319 e. The van der Waals surface area contributed by atoms with E-state index in [1.165, 1.54) is 0 Å². The van der Waals surface area contributed by atoms with Crippen molar-refractivity contribution in [2.45, 2.75) is 32.6 Å². The quantitative estimate of drug-likeness (QED) is 0.756. The van der Waals surface area contributed by atoms with Crippen LogP contribution >= 0.6 is 0 Å². The summed E-state index contributed by atoms with van der Waals surface area (Å²) in [6.45, 7) is 6.68. The Morgan fingerprint density at radius 3 is 2.80 bits per heavy atom. The first-order chi connectivity index (χ1) is 11.9. The fourth-order valence-electron chi connectivity index (χ4n) is 2.37. The molecule has 0 fully saturated rings. The fourth-order valence-corrected chi connectivity index (χ4v) is 2.37. The molecule has 3 aromatic rings. The van der Waals surface area contributed by atoms with Gasteiger partial charge in [-0.1, -0.05) is 26.8 Å². The maximum absolute atomic E-state index is 12.0. The molecule has 25 heavy (non-hydrogen) atoms. The van der Waals surface area contributed by atoms with Gasteiger partial charge in [-0.3, -0.25) is 4.98 Å². The summed E-state index contributed by atoms with van der Waals surface area (Å²) in [5.74, 6) is 0.681. The number of amides is 2. The van der Waals surface area contributed by atoms with E-state index in [1.807, 2.05) is 45.0 Å². The SMILES string of the molecule is CC(C)(C)c1nc2cc(NC(=O)NCCc3cccnc3)ccc2o1. The molecule has 2 aromatic heterocycles. The van der Waals surface area contributed by atoms with Gasteiger partial charge in [-0.05, 0) is 36.2 Å². The largest absolute Gasteiger partial charge is 0.440 e. The van der Waals surface area contributed by atoms with Gasteiger partial charge in [-0.15, -0.1) is 0 Å². The van der Waals surface area contributed by atoms with Gasteiger partial charge in [0.2, 0.25) is 5.89 Å². The van der Waals surface area contributed by atoms with Crippen molar-refractivity contribution >= 4 is 22.8 Å². The van der Waals surface area contributed by atoms with Crippen molar-refractivity contribution < 1.29 is 9.21 Å². The van der Waals surface area contributed by atoms with Crippen LogP contribution in [-0.2, 0) is 11.8 Å². The second-order valence-electron chi connectivity index (χ2n) is 6.94. The number of hydrogen-bond acceptors (Lipinski definition) is 4. The second-order valence-corrected chi connectivity index (χ2v) is 6.94. The average Bonchev–Trinajstić information content (AvgIpc) is 2.99. The summed E-state index contributed by atoms with van der Waals surface area (Å²) in [5.41, 5.74) is 3.06. The second kappa shape index (κ2) is 6.93. The summed E-state index contributed by atoms with van der Waals surface area (Å²) in [7, 11) is 0. The number of hydrogen-bond donors (Lipinski definition) is 2. The monoisotopic (exact) mass is 338 g/mol. The molecule has 0 saturated heterocycles. The van der Waals surface area contributed by atoms with Crippen LogP contribution in [0.2, 0.25) is 0 Å². The molecule has 0 saturated carbocycles. The molecule has 1 aromatic carbocycles. The van der Waals surface area contributed by atoms with Gasteiger partial charge in [0, 0.05) is 30.0 Å². The van der Waals surface area contributed by atoms with Gasteiger partial charge >= 0.3 is 6.03 Å². The average molecular weight is 338 g/mol. The van der Waals surface area contributed by atoms with E-state index < -0.39 is 0 Å². The summed E-state index contributed by atoms with van der Waals surface area (Å²) < 4.78 is 5.76. The third kappa shape index (κ3) is 4.35. The number of urea groups is 1. The highest BCUT2D eigenvalue weighted by Crippen LogP contribution is 2.27. The van der Waals surface area contributed by atoms with E-state index in [0.29, 0.717) is 23.7 Å². The number of carbonyl (C=O) groups is 1. The number of benzene rings is 1. The molecule has 3 rings (SSSR count). The lowest BCUT2D eigenvalue weighted by molar-refractivity contribution is 0.252. The molecule has 0 aliphatic rings. The van der Waals surface area contributed by atoms with Gasteiger partial charge in [0.1, 0.15) is 5.52 Å². The van der Waals surface area contributed by atoms with E-state index in [0.717, 1.165) is 17.5 Å². The molecule has 0 bridgehead atoms. The molecule has 6 heteroatoms. The minimum Gasteiger partial charge on any atom is -0.440 e. The van der Waals surface area contributed by atoms with Crippen LogP contribution in [0.5, 0.6) is 0 Å². The standard InChI is InChI=1S/C19H22N4O2/c1-19(2,3)17-23-15-11-14(6-7-16(15)25-17)22-18(24)21-10-8-13-5-4-9-20-12-13/h4-7,9,11-12H,8,10H2,1-3H3,(H2,21,22,24). The van der Waals surface area contributed by atoms with E-state index >= 15 is 0 Å². The van der Waals surface area contributed by atoms with Crippen LogP contribution in [0.25, 0.3) is 11.1 Å². The minimum atomic E-state index is -0.247. The van der Waals surface area contributed by atoms with E-state index in [1.54, 1.807) is 18.5 Å². The number of pyridine rings is 1. The van der Waals surface area contributed by atoms with Crippen LogP contribution < -0.4 is 10.6 Å². The van der Waals surface area contributed by atoms with Gasteiger partial charge in [-0.25, -0.2) is 9.78 Å². The molecular formula is C19H22N4O2. The van der Waals surface area contributed by atoms with Gasteiger partial charge in [0.05, 0.1) is 0 Å². The molecule has 0 spiro atoms. The summed E-state index contributed by atoms with van der Waals surface area (Å²) in [5, 5.41) is 5.66. The van der Waals surface area contributed by atoms with Crippen LogP contribution in [0, 0.1) is 0 Å². The van der Waals surface area contributed by atoms with Crippen LogP contribution in [0.3, 0.4) is 0 Å². The highest BCUT2D eigenvalue weighted by atomic mass is 16.3. The summed E-state index contributed by atoms with van der Waals surface area (Å²) >= 11 is 0. The predicted molar refractivity (Wildman–Crippen MR) is 97.7 cm³/mol. The first-order valence-electron chi connectivity index (χ1n) is 8.27. The molecule has 6 nitrogen and oxygen atoms in total. The first kappa shape index (κ1) is 17.0. The lowest BCUT2D eigenvalue weighted by Gasteiger charge is -2.11.